The van der Waals surface area contributed by atoms with E-state index in [1.165, 1.54) is 12.1 Å². The largest absolute Gasteiger partial charge is 0.474 e. The van der Waals surface area contributed by atoms with Gasteiger partial charge >= 0.3 is 11.9 Å². The maximum absolute atomic E-state index is 13.8. The summed E-state index contributed by atoms with van der Waals surface area (Å²) in [7, 11) is -1.64. The lowest BCUT2D eigenvalue weighted by atomic mass is 10.2. The number of piperidine rings is 1. The van der Waals surface area contributed by atoms with Crippen LogP contribution in [0.4, 0.5) is 10.1 Å². The molecule has 114 valence electrons. The third kappa shape index (κ3) is 3.64. The fourth-order valence-corrected chi connectivity index (χ4v) is 3.49. The summed E-state index contributed by atoms with van der Waals surface area (Å²) in [5, 5.41) is 10.6. The van der Waals surface area contributed by atoms with Gasteiger partial charge in [-0.25, -0.2) is 17.7 Å². The molecule has 0 aliphatic carbocycles. The Balaban J connectivity index is 2.30. The van der Waals surface area contributed by atoms with Crippen molar-refractivity contribution in [2.45, 2.75) is 24.2 Å². The monoisotopic (exact) mass is 314 g/mol. The highest BCUT2D eigenvalue weighted by molar-refractivity contribution is 7.82. The van der Waals surface area contributed by atoms with Gasteiger partial charge in [0.1, 0.15) is 16.8 Å². The van der Waals surface area contributed by atoms with E-state index in [4.69, 9.17) is 5.11 Å². The molecule has 1 aliphatic heterocycles. The molecule has 2 N–H and O–H groups in total. The number of para-hydroxylation sites is 1. The predicted molar refractivity (Wildman–Crippen MR) is 74.5 cm³/mol. The van der Waals surface area contributed by atoms with Crippen LogP contribution in [0.5, 0.6) is 0 Å². The molecule has 1 aromatic carbocycles. The van der Waals surface area contributed by atoms with Crippen molar-refractivity contribution in [2.24, 2.45) is 0 Å². The third-order valence-corrected chi connectivity index (χ3v) is 4.70. The lowest BCUT2D eigenvalue weighted by Crippen LogP contribution is -2.32. The number of benzene rings is 1. The number of carboxylic acids is 1. The highest BCUT2D eigenvalue weighted by Gasteiger charge is 2.24. The quantitative estimate of drug-likeness (QED) is 0.825. The molecule has 2 rings (SSSR count). The van der Waals surface area contributed by atoms with Crippen molar-refractivity contribution in [3.8, 4) is 0 Å². The van der Waals surface area contributed by atoms with Crippen molar-refractivity contribution >= 4 is 28.5 Å². The Morgan fingerprint density at radius 1 is 1.24 bits per heavy atom. The summed E-state index contributed by atoms with van der Waals surface area (Å²) in [5.41, 5.74) is -0.339. The van der Waals surface area contributed by atoms with E-state index in [1.807, 2.05) is 5.32 Å². The molecule has 1 aromatic rings. The number of carboxylic acid groups (broad SMARTS) is 1. The zero-order valence-electron chi connectivity index (χ0n) is 11.2. The van der Waals surface area contributed by atoms with Crippen molar-refractivity contribution in [1.29, 1.82) is 0 Å². The van der Waals surface area contributed by atoms with Crippen LogP contribution in [-0.2, 0) is 20.6 Å². The molecular weight excluding hydrogens is 299 g/mol. The van der Waals surface area contributed by atoms with Gasteiger partial charge in [0.2, 0.25) is 0 Å². The molecule has 1 fully saturated rings. The SMILES string of the molecule is O=C(O)C(=O)Nc1c(F)cccc1S(=O)N1CCCCC1. The average molecular weight is 314 g/mol. The van der Waals surface area contributed by atoms with Gasteiger partial charge in [-0.3, -0.25) is 4.79 Å². The van der Waals surface area contributed by atoms with E-state index in [2.05, 4.69) is 0 Å². The van der Waals surface area contributed by atoms with E-state index in [0.717, 1.165) is 25.3 Å². The number of aliphatic carboxylic acids is 1. The Kier molecular flexibility index (Phi) is 5.03. The molecule has 21 heavy (non-hydrogen) atoms. The fourth-order valence-electron chi connectivity index (χ4n) is 2.11. The summed E-state index contributed by atoms with van der Waals surface area (Å²) in [6.45, 7) is 1.24. The molecule has 0 radical (unpaired) electrons. The number of hydrogen-bond acceptors (Lipinski definition) is 3. The summed E-state index contributed by atoms with van der Waals surface area (Å²) in [4.78, 5) is 21.9. The molecule has 1 unspecified atom stereocenters. The van der Waals surface area contributed by atoms with Crippen LogP contribution >= 0.6 is 0 Å². The molecular formula is C13H15FN2O4S. The molecule has 0 saturated carbocycles. The average Bonchev–Trinajstić information content (AvgIpc) is 2.49. The standard InChI is InChI=1S/C13H15FN2O4S/c14-9-5-4-6-10(11(9)15-12(17)13(18)19)21(20)16-7-2-1-3-8-16/h4-6H,1-3,7-8H2,(H,15,17)(H,18,19). The van der Waals surface area contributed by atoms with Crippen LogP contribution in [0, 0.1) is 5.82 Å². The first kappa shape index (κ1) is 15.6. The summed E-state index contributed by atoms with van der Waals surface area (Å²) in [6, 6.07) is 3.88. The van der Waals surface area contributed by atoms with E-state index in [9.17, 15) is 18.2 Å². The lowest BCUT2D eigenvalue weighted by molar-refractivity contribution is -0.147. The predicted octanol–water partition coefficient (Wildman–Crippen LogP) is 1.36. The Morgan fingerprint density at radius 3 is 2.52 bits per heavy atom. The number of nitrogens with zero attached hydrogens (tertiary/aromatic N) is 1. The minimum atomic E-state index is -1.73. The van der Waals surface area contributed by atoms with E-state index in [1.54, 1.807) is 4.31 Å². The van der Waals surface area contributed by atoms with Gasteiger partial charge in [-0.15, -0.1) is 0 Å². The van der Waals surface area contributed by atoms with Crippen molar-refractivity contribution in [2.75, 3.05) is 18.4 Å². The molecule has 8 heteroatoms. The van der Waals surface area contributed by atoms with Crippen molar-refractivity contribution in [3.05, 3.63) is 24.0 Å². The van der Waals surface area contributed by atoms with E-state index < -0.39 is 28.7 Å². The van der Waals surface area contributed by atoms with Gasteiger partial charge in [0, 0.05) is 13.1 Å². The molecule has 1 saturated heterocycles. The molecule has 0 bridgehead atoms. The fraction of sp³-hybridized carbons (Fsp3) is 0.385. The van der Waals surface area contributed by atoms with Crippen LogP contribution in [0.15, 0.2) is 23.1 Å². The topological polar surface area (TPSA) is 86.7 Å². The van der Waals surface area contributed by atoms with E-state index in [0.29, 0.717) is 13.1 Å². The van der Waals surface area contributed by atoms with Gasteiger partial charge in [0.05, 0.1) is 10.6 Å². The van der Waals surface area contributed by atoms with Crippen LogP contribution in [0.25, 0.3) is 0 Å². The number of hydrogen-bond donors (Lipinski definition) is 2. The van der Waals surface area contributed by atoms with Gasteiger partial charge in [0.15, 0.2) is 0 Å². The summed E-state index contributed by atoms with van der Waals surface area (Å²) < 4.78 is 28.0. The summed E-state index contributed by atoms with van der Waals surface area (Å²) in [5.74, 6) is -3.91. The molecule has 1 atom stereocenters. The number of halogens is 1. The van der Waals surface area contributed by atoms with Crippen LogP contribution in [0.1, 0.15) is 19.3 Å². The number of amides is 1. The normalized spacial score (nSPS) is 17.2. The first-order valence-electron chi connectivity index (χ1n) is 6.50. The van der Waals surface area contributed by atoms with Crippen molar-refractivity contribution in [3.63, 3.8) is 0 Å². The maximum Gasteiger partial charge on any atom is 0.394 e. The van der Waals surface area contributed by atoms with Crippen LogP contribution in [0.3, 0.4) is 0 Å². The second kappa shape index (κ2) is 6.77. The van der Waals surface area contributed by atoms with Gasteiger partial charge in [-0.05, 0) is 25.0 Å². The Morgan fingerprint density at radius 2 is 1.90 bits per heavy atom. The highest BCUT2D eigenvalue weighted by Crippen LogP contribution is 2.26. The molecule has 1 heterocycles. The zero-order chi connectivity index (χ0) is 15.4. The number of rotatable bonds is 3. The first-order valence-corrected chi connectivity index (χ1v) is 7.61. The van der Waals surface area contributed by atoms with Gasteiger partial charge in [-0.2, -0.15) is 0 Å². The molecule has 0 aromatic heterocycles. The third-order valence-electron chi connectivity index (χ3n) is 3.15. The lowest BCUT2D eigenvalue weighted by Gasteiger charge is -2.26. The number of carbonyl (C=O) groups excluding carboxylic acids is 1. The Bertz CT molecular complexity index is 588. The van der Waals surface area contributed by atoms with Crippen LogP contribution < -0.4 is 5.32 Å². The molecule has 1 amide bonds. The number of nitrogens with one attached hydrogen (secondary N) is 1. The highest BCUT2D eigenvalue weighted by atomic mass is 32.2. The van der Waals surface area contributed by atoms with Crippen molar-refractivity contribution in [1.82, 2.24) is 4.31 Å². The maximum atomic E-state index is 13.8. The number of carbonyl (C=O) groups is 2. The molecule has 0 spiro atoms. The van der Waals surface area contributed by atoms with Crippen LogP contribution in [-0.4, -0.2) is 38.6 Å². The second-order valence-corrected chi connectivity index (χ2v) is 6.07. The van der Waals surface area contributed by atoms with Gasteiger partial charge in [-0.1, -0.05) is 12.5 Å². The minimum Gasteiger partial charge on any atom is -0.474 e. The van der Waals surface area contributed by atoms with Gasteiger partial charge < -0.3 is 10.4 Å². The summed E-state index contributed by atoms with van der Waals surface area (Å²) in [6.07, 6.45) is 2.86. The molecule has 1 aliphatic rings. The van der Waals surface area contributed by atoms with E-state index in [-0.39, 0.29) is 10.6 Å². The van der Waals surface area contributed by atoms with Gasteiger partial charge in [0.25, 0.3) is 0 Å². The second-order valence-electron chi connectivity index (χ2n) is 4.61. The number of anilines is 1. The Labute approximate surface area is 123 Å². The minimum absolute atomic E-state index is 0.0755. The smallest absolute Gasteiger partial charge is 0.394 e. The first-order chi connectivity index (χ1) is 10.0. The van der Waals surface area contributed by atoms with Crippen LogP contribution in [0.2, 0.25) is 0 Å². The summed E-state index contributed by atoms with van der Waals surface area (Å²) >= 11 is 0. The molecule has 6 nitrogen and oxygen atoms in total. The zero-order valence-corrected chi connectivity index (χ0v) is 12.0. The van der Waals surface area contributed by atoms with E-state index >= 15 is 0 Å². The van der Waals surface area contributed by atoms with Crippen molar-refractivity contribution < 1.29 is 23.3 Å². The Hall–Kier alpha value is -1.80.